The summed E-state index contributed by atoms with van der Waals surface area (Å²) in [6, 6.07) is 14.3. The van der Waals surface area contributed by atoms with Gasteiger partial charge in [-0.2, -0.15) is 0 Å². The Morgan fingerprint density at radius 2 is 1.68 bits per heavy atom. The number of hydrogen-bond donors (Lipinski definition) is 2. The van der Waals surface area contributed by atoms with Gasteiger partial charge in [0, 0.05) is 18.4 Å². The summed E-state index contributed by atoms with van der Waals surface area (Å²) in [7, 11) is 1.63. The molecular formula is C21H26N2O4S. The maximum atomic E-state index is 12.3. The Hall–Kier alpha value is -2.64. The van der Waals surface area contributed by atoms with E-state index in [0.29, 0.717) is 18.8 Å². The molecule has 0 radical (unpaired) electrons. The van der Waals surface area contributed by atoms with Gasteiger partial charge in [-0.1, -0.05) is 6.92 Å². The van der Waals surface area contributed by atoms with Gasteiger partial charge in [0.25, 0.3) is 5.91 Å². The van der Waals surface area contributed by atoms with Crippen molar-refractivity contribution in [3.8, 4) is 11.5 Å². The molecule has 2 aromatic carbocycles. The van der Waals surface area contributed by atoms with Crippen LogP contribution in [0, 0.1) is 0 Å². The van der Waals surface area contributed by atoms with Gasteiger partial charge in [0.1, 0.15) is 18.1 Å². The number of amides is 1. The lowest BCUT2D eigenvalue weighted by molar-refractivity contribution is 0.0977. The van der Waals surface area contributed by atoms with Crippen LogP contribution < -0.4 is 20.1 Å². The molecule has 0 aliphatic rings. The highest BCUT2D eigenvalue weighted by Gasteiger charge is 2.09. The first-order valence-corrected chi connectivity index (χ1v) is 9.53. The normalized spacial score (nSPS) is 11.4. The first-order valence-electron chi connectivity index (χ1n) is 9.12. The summed E-state index contributed by atoms with van der Waals surface area (Å²) in [5, 5.41) is 5.86. The summed E-state index contributed by atoms with van der Waals surface area (Å²) in [5.41, 5.74) is 1.25. The summed E-state index contributed by atoms with van der Waals surface area (Å²) in [4.78, 5) is 12.3. The number of ether oxygens (including phenoxy) is 3. The maximum Gasteiger partial charge on any atom is 0.257 e. The van der Waals surface area contributed by atoms with E-state index in [1.54, 1.807) is 31.4 Å². The fourth-order valence-electron chi connectivity index (χ4n) is 2.22. The Morgan fingerprint density at radius 3 is 2.29 bits per heavy atom. The Morgan fingerprint density at radius 1 is 1.04 bits per heavy atom. The van der Waals surface area contributed by atoms with E-state index >= 15 is 0 Å². The quantitative estimate of drug-likeness (QED) is 0.488. The van der Waals surface area contributed by atoms with Crippen LogP contribution in [0.4, 0.5) is 5.69 Å². The fraction of sp³-hybridized carbons (Fsp3) is 0.333. The maximum absolute atomic E-state index is 12.3. The van der Waals surface area contributed by atoms with Crippen molar-refractivity contribution < 1.29 is 19.0 Å². The Bertz CT molecular complexity index is 763. The standard InChI is InChI=1S/C21H26N2O4S/c1-4-15(2)27-19-9-5-16(6-10-19)20(24)23-21(28)22-17-7-11-18(12-8-17)26-14-13-25-3/h5-12,15H,4,13-14H2,1-3H3,(H2,22,23,24,28). The van der Waals surface area contributed by atoms with Gasteiger partial charge in [-0.3, -0.25) is 10.1 Å². The molecule has 0 heterocycles. The zero-order valence-electron chi connectivity index (χ0n) is 16.4. The van der Waals surface area contributed by atoms with Crippen molar-refractivity contribution in [2.45, 2.75) is 26.4 Å². The van der Waals surface area contributed by atoms with Crippen LogP contribution in [-0.4, -0.2) is 37.4 Å². The Labute approximate surface area is 171 Å². The number of benzene rings is 2. The van der Waals surface area contributed by atoms with Gasteiger partial charge in [0.2, 0.25) is 0 Å². The lowest BCUT2D eigenvalue weighted by atomic mass is 10.2. The second-order valence-electron chi connectivity index (χ2n) is 6.13. The number of hydrogen-bond acceptors (Lipinski definition) is 5. The van der Waals surface area contributed by atoms with Crippen molar-refractivity contribution in [2.75, 3.05) is 25.6 Å². The van der Waals surface area contributed by atoms with Gasteiger partial charge < -0.3 is 19.5 Å². The second-order valence-corrected chi connectivity index (χ2v) is 6.54. The lowest BCUT2D eigenvalue weighted by Crippen LogP contribution is -2.34. The Balaban J connectivity index is 1.84. The summed E-state index contributed by atoms with van der Waals surface area (Å²) in [6.07, 6.45) is 1.05. The molecule has 0 aromatic heterocycles. The van der Waals surface area contributed by atoms with Gasteiger partial charge in [0.05, 0.1) is 12.7 Å². The molecule has 6 nitrogen and oxygen atoms in total. The van der Waals surface area contributed by atoms with Crippen LogP contribution in [0.5, 0.6) is 11.5 Å². The van der Waals surface area contributed by atoms with Crippen LogP contribution in [0.1, 0.15) is 30.6 Å². The van der Waals surface area contributed by atoms with E-state index in [0.717, 1.165) is 23.6 Å². The second kappa shape index (κ2) is 11.3. The van der Waals surface area contributed by atoms with Gasteiger partial charge in [-0.15, -0.1) is 0 Å². The van der Waals surface area contributed by atoms with Gasteiger partial charge in [0.15, 0.2) is 5.11 Å². The molecule has 2 rings (SSSR count). The van der Waals surface area contributed by atoms with Crippen LogP contribution in [-0.2, 0) is 4.74 Å². The fourth-order valence-corrected chi connectivity index (χ4v) is 2.43. The molecule has 150 valence electrons. The van der Waals surface area contributed by atoms with Crippen LogP contribution >= 0.6 is 12.2 Å². The highest BCUT2D eigenvalue weighted by atomic mass is 32.1. The number of carbonyl (C=O) groups excluding carboxylic acids is 1. The minimum atomic E-state index is -0.285. The van der Waals surface area contributed by atoms with E-state index in [2.05, 4.69) is 17.6 Å². The third-order valence-electron chi connectivity index (χ3n) is 3.92. The molecule has 0 saturated carbocycles. The average Bonchev–Trinajstić information content (AvgIpc) is 2.69. The average molecular weight is 403 g/mol. The summed E-state index contributed by atoms with van der Waals surface area (Å²) in [6.45, 7) is 5.07. The van der Waals surface area contributed by atoms with Crippen molar-refractivity contribution in [3.63, 3.8) is 0 Å². The summed E-state index contributed by atoms with van der Waals surface area (Å²) < 4.78 is 16.2. The number of thiocarbonyl (C=S) groups is 1. The molecule has 1 amide bonds. The highest BCUT2D eigenvalue weighted by molar-refractivity contribution is 7.80. The van der Waals surface area contributed by atoms with E-state index in [1.165, 1.54) is 0 Å². The van der Waals surface area contributed by atoms with Crippen molar-refractivity contribution in [1.82, 2.24) is 5.32 Å². The molecule has 2 N–H and O–H groups in total. The van der Waals surface area contributed by atoms with E-state index in [-0.39, 0.29) is 17.1 Å². The minimum absolute atomic E-state index is 0.133. The molecule has 1 atom stereocenters. The van der Waals surface area contributed by atoms with E-state index in [1.807, 2.05) is 31.2 Å². The minimum Gasteiger partial charge on any atom is -0.491 e. The zero-order chi connectivity index (χ0) is 20.4. The molecule has 0 aliphatic heterocycles. The molecule has 0 aliphatic carbocycles. The molecule has 0 fully saturated rings. The monoisotopic (exact) mass is 402 g/mol. The van der Waals surface area contributed by atoms with Gasteiger partial charge in [-0.05, 0) is 74.1 Å². The lowest BCUT2D eigenvalue weighted by Gasteiger charge is -2.13. The predicted molar refractivity (Wildman–Crippen MR) is 114 cm³/mol. The van der Waals surface area contributed by atoms with E-state index in [4.69, 9.17) is 26.4 Å². The SMILES string of the molecule is CCC(C)Oc1ccc(C(=O)NC(=S)Nc2ccc(OCCOC)cc2)cc1. The summed E-state index contributed by atoms with van der Waals surface area (Å²) in [5.74, 6) is 1.18. The molecular weight excluding hydrogens is 376 g/mol. The first kappa shape index (κ1) is 21.7. The van der Waals surface area contributed by atoms with E-state index < -0.39 is 0 Å². The number of methoxy groups -OCH3 is 1. The largest absolute Gasteiger partial charge is 0.491 e. The van der Waals surface area contributed by atoms with Crippen LogP contribution in [0.2, 0.25) is 0 Å². The third-order valence-corrected chi connectivity index (χ3v) is 4.13. The molecule has 28 heavy (non-hydrogen) atoms. The van der Waals surface area contributed by atoms with Crippen molar-refractivity contribution >= 4 is 28.9 Å². The molecule has 1 unspecified atom stereocenters. The molecule has 0 bridgehead atoms. The van der Waals surface area contributed by atoms with Crippen LogP contribution in [0.3, 0.4) is 0 Å². The highest BCUT2D eigenvalue weighted by Crippen LogP contribution is 2.16. The number of carbonyl (C=O) groups is 1. The smallest absolute Gasteiger partial charge is 0.257 e. The molecule has 7 heteroatoms. The third kappa shape index (κ3) is 7.17. The molecule has 0 spiro atoms. The first-order chi connectivity index (χ1) is 13.5. The summed E-state index contributed by atoms with van der Waals surface area (Å²) >= 11 is 5.21. The van der Waals surface area contributed by atoms with Gasteiger partial charge >= 0.3 is 0 Å². The van der Waals surface area contributed by atoms with Crippen LogP contribution in [0.25, 0.3) is 0 Å². The van der Waals surface area contributed by atoms with Crippen LogP contribution in [0.15, 0.2) is 48.5 Å². The molecule has 0 saturated heterocycles. The van der Waals surface area contributed by atoms with Crippen molar-refractivity contribution in [2.24, 2.45) is 0 Å². The topological polar surface area (TPSA) is 68.8 Å². The van der Waals surface area contributed by atoms with Gasteiger partial charge in [-0.25, -0.2) is 0 Å². The number of nitrogens with one attached hydrogen (secondary N) is 2. The molecule has 2 aromatic rings. The van der Waals surface area contributed by atoms with Crippen molar-refractivity contribution in [3.05, 3.63) is 54.1 Å². The zero-order valence-corrected chi connectivity index (χ0v) is 17.2. The predicted octanol–water partition coefficient (Wildman–Crippen LogP) is 4.02. The Kier molecular flexibility index (Phi) is 8.71. The number of anilines is 1. The van der Waals surface area contributed by atoms with Crippen molar-refractivity contribution in [1.29, 1.82) is 0 Å². The number of rotatable bonds is 9. The van der Waals surface area contributed by atoms with E-state index in [9.17, 15) is 4.79 Å².